The van der Waals surface area contributed by atoms with Crippen LogP contribution in [0.3, 0.4) is 0 Å². The van der Waals surface area contributed by atoms with Crippen molar-refractivity contribution >= 4 is 16.9 Å². The topological polar surface area (TPSA) is 123 Å². The van der Waals surface area contributed by atoms with E-state index in [1.54, 1.807) is 11.5 Å². The molecule has 0 radical (unpaired) electrons. The molecular weight excluding hydrogens is 476 g/mol. The number of hydrogen-bond donors (Lipinski definition) is 3. The van der Waals surface area contributed by atoms with Crippen molar-refractivity contribution in [2.24, 2.45) is 0 Å². The van der Waals surface area contributed by atoms with Crippen molar-refractivity contribution in [3.05, 3.63) is 81.4 Å². The summed E-state index contributed by atoms with van der Waals surface area (Å²) < 4.78 is 17.0. The minimum atomic E-state index is -0.886. The van der Waals surface area contributed by atoms with E-state index >= 15 is 0 Å². The number of H-pyrrole nitrogens is 1. The van der Waals surface area contributed by atoms with Crippen LogP contribution in [0.25, 0.3) is 10.9 Å². The fourth-order valence-electron chi connectivity index (χ4n) is 4.70. The number of hydrogen-bond acceptors (Lipinski definition) is 7. The molecule has 1 atom stereocenters. The van der Waals surface area contributed by atoms with E-state index in [-0.39, 0.29) is 35.0 Å². The van der Waals surface area contributed by atoms with Crippen LogP contribution in [-0.2, 0) is 22.5 Å². The number of ether oxygens (including phenoxy) is 3. The lowest BCUT2D eigenvalue weighted by Crippen LogP contribution is -2.29. The van der Waals surface area contributed by atoms with Crippen molar-refractivity contribution < 1.29 is 29.2 Å². The highest BCUT2D eigenvalue weighted by Crippen LogP contribution is 2.42. The summed E-state index contributed by atoms with van der Waals surface area (Å²) in [4.78, 5) is 29.5. The van der Waals surface area contributed by atoms with Crippen LogP contribution in [0.5, 0.6) is 23.0 Å². The Kier molecular flexibility index (Phi) is 7.42. The van der Waals surface area contributed by atoms with E-state index in [1.807, 2.05) is 30.5 Å². The Morgan fingerprint density at radius 1 is 1.05 bits per heavy atom. The number of nitrogens with zero attached hydrogens (tertiary/aromatic N) is 1. The maximum Gasteiger partial charge on any atom is 0.306 e. The summed E-state index contributed by atoms with van der Waals surface area (Å²) in [7, 11) is 4.02. The van der Waals surface area contributed by atoms with Gasteiger partial charge in [0.1, 0.15) is 5.75 Å². The van der Waals surface area contributed by atoms with Gasteiger partial charge in [-0.25, -0.2) is 0 Å². The molecule has 0 saturated heterocycles. The highest BCUT2D eigenvalue weighted by atomic mass is 16.5. The number of benzene rings is 2. The SMILES string of the molecule is COC(=O)C[C@@H](c1cc(OC)c(O)c(OC)c1)c1c(O)cc(C)n(CCc2c[nH]c3ccccc23)c1=O. The molecule has 4 aromatic rings. The van der Waals surface area contributed by atoms with E-state index in [2.05, 4.69) is 4.98 Å². The zero-order valence-corrected chi connectivity index (χ0v) is 21.2. The second-order valence-electron chi connectivity index (χ2n) is 8.76. The Morgan fingerprint density at radius 3 is 2.38 bits per heavy atom. The molecule has 2 aromatic carbocycles. The molecule has 0 spiro atoms. The van der Waals surface area contributed by atoms with Crippen molar-refractivity contribution in [1.29, 1.82) is 0 Å². The van der Waals surface area contributed by atoms with Gasteiger partial charge in [0.2, 0.25) is 5.75 Å². The number of aromatic hydroxyl groups is 2. The molecule has 2 heterocycles. The number of aromatic amines is 1. The maximum absolute atomic E-state index is 13.8. The van der Waals surface area contributed by atoms with Gasteiger partial charge in [-0.1, -0.05) is 18.2 Å². The Labute approximate surface area is 213 Å². The van der Waals surface area contributed by atoms with Gasteiger partial charge in [0.25, 0.3) is 5.56 Å². The van der Waals surface area contributed by atoms with Crippen molar-refractivity contribution in [2.45, 2.75) is 32.2 Å². The van der Waals surface area contributed by atoms with Crippen LogP contribution in [0.15, 0.2) is 53.5 Å². The molecule has 0 fully saturated rings. The van der Waals surface area contributed by atoms with Gasteiger partial charge in [-0.15, -0.1) is 0 Å². The molecular formula is C28H30N2O7. The van der Waals surface area contributed by atoms with Crippen LogP contribution in [-0.4, -0.2) is 47.1 Å². The summed E-state index contributed by atoms with van der Waals surface area (Å²) >= 11 is 0. The number of rotatable bonds is 9. The second kappa shape index (κ2) is 10.7. The zero-order chi connectivity index (χ0) is 26.7. The normalized spacial score (nSPS) is 11.9. The van der Waals surface area contributed by atoms with Gasteiger partial charge in [-0.05, 0) is 48.7 Å². The molecule has 194 valence electrons. The van der Waals surface area contributed by atoms with Crippen LogP contribution in [0.1, 0.15) is 34.7 Å². The fourth-order valence-corrected chi connectivity index (χ4v) is 4.70. The summed E-state index contributed by atoms with van der Waals surface area (Å²) in [6.07, 6.45) is 2.29. The molecule has 0 amide bonds. The van der Waals surface area contributed by atoms with E-state index in [4.69, 9.17) is 14.2 Å². The Balaban J connectivity index is 1.81. The number of aromatic nitrogens is 2. The third-order valence-corrected chi connectivity index (χ3v) is 6.65. The van der Waals surface area contributed by atoms with Crippen molar-refractivity contribution in [2.75, 3.05) is 21.3 Å². The lowest BCUT2D eigenvalue weighted by atomic mass is 9.87. The molecule has 0 aliphatic carbocycles. The first kappa shape index (κ1) is 25.7. The van der Waals surface area contributed by atoms with Gasteiger partial charge >= 0.3 is 5.97 Å². The fraction of sp³-hybridized carbons (Fsp3) is 0.286. The van der Waals surface area contributed by atoms with Crippen LogP contribution in [0.4, 0.5) is 0 Å². The summed E-state index contributed by atoms with van der Waals surface area (Å²) in [5.41, 5.74) is 2.74. The number of carbonyl (C=O) groups is 1. The smallest absolute Gasteiger partial charge is 0.306 e. The average molecular weight is 507 g/mol. The number of carbonyl (C=O) groups excluding carboxylic acids is 1. The highest BCUT2D eigenvalue weighted by molar-refractivity contribution is 5.83. The number of methoxy groups -OCH3 is 3. The molecule has 9 heteroatoms. The summed E-state index contributed by atoms with van der Waals surface area (Å²) in [5, 5.41) is 22.4. The maximum atomic E-state index is 13.8. The average Bonchev–Trinajstić information content (AvgIpc) is 3.31. The van der Waals surface area contributed by atoms with Crippen molar-refractivity contribution in [3.63, 3.8) is 0 Å². The van der Waals surface area contributed by atoms with Gasteiger partial charge in [0.05, 0.1) is 33.3 Å². The number of fused-ring (bicyclic) bond motifs is 1. The summed E-state index contributed by atoms with van der Waals surface area (Å²) in [6, 6.07) is 12.5. The van der Waals surface area contributed by atoms with E-state index in [0.29, 0.717) is 24.2 Å². The van der Waals surface area contributed by atoms with Gasteiger partial charge in [0.15, 0.2) is 11.5 Å². The predicted molar refractivity (Wildman–Crippen MR) is 139 cm³/mol. The first-order valence-electron chi connectivity index (χ1n) is 11.8. The summed E-state index contributed by atoms with van der Waals surface area (Å²) in [6.45, 7) is 2.12. The number of phenols is 1. The predicted octanol–water partition coefficient (Wildman–Crippen LogP) is 4.00. The number of aryl methyl sites for hydroxylation is 2. The second-order valence-corrected chi connectivity index (χ2v) is 8.76. The molecule has 0 aliphatic heterocycles. The number of para-hydroxylation sites is 1. The first-order chi connectivity index (χ1) is 17.8. The minimum Gasteiger partial charge on any atom is -0.507 e. The van der Waals surface area contributed by atoms with E-state index in [1.165, 1.54) is 39.5 Å². The van der Waals surface area contributed by atoms with Crippen LogP contribution in [0.2, 0.25) is 0 Å². The van der Waals surface area contributed by atoms with Crippen molar-refractivity contribution in [1.82, 2.24) is 9.55 Å². The third kappa shape index (κ3) is 4.97. The number of esters is 1. The van der Waals surface area contributed by atoms with Crippen molar-refractivity contribution in [3.8, 4) is 23.0 Å². The number of nitrogens with one attached hydrogen (secondary N) is 1. The third-order valence-electron chi connectivity index (χ3n) is 6.65. The van der Waals surface area contributed by atoms with E-state index in [9.17, 15) is 19.8 Å². The van der Waals surface area contributed by atoms with Gasteiger partial charge in [-0.2, -0.15) is 0 Å². The number of phenolic OH excluding ortho intramolecular Hbond substituents is 1. The minimum absolute atomic E-state index is 0.0460. The van der Waals surface area contributed by atoms with Crippen LogP contribution in [0, 0.1) is 6.92 Å². The van der Waals surface area contributed by atoms with Crippen LogP contribution < -0.4 is 15.0 Å². The highest BCUT2D eigenvalue weighted by Gasteiger charge is 2.28. The molecule has 4 rings (SSSR count). The van der Waals surface area contributed by atoms with Gasteiger partial charge in [0, 0.05) is 35.3 Å². The molecule has 3 N–H and O–H groups in total. The van der Waals surface area contributed by atoms with E-state index in [0.717, 1.165) is 16.5 Å². The summed E-state index contributed by atoms with van der Waals surface area (Å²) in [5.74, 6) is -1.68. The number of pyridine rings is 1. The van der Waals surface area contributed by atoms with Gasteiger partial charge < -0.3 is 34.0 Å². The van der Waals surface area contributed by atoms with E-state index < -0.39 is 17.4 Å². The Morgan fingerprint density at radius 2 is 1.73 bits per heavy atom. The molecule has 0 bridgehead atoms. The van der Waals surface area contributed by atoms with Crippen LogP contribution >= 0.6 is 0 Å². The monoisotopic (exact) mass is 506 g/mol. The Bertz CT molecular complexity index is 1480. The Hall–Kier alpha value is -4.40. The zero-order valence-electron chi connectivity index (χ0n) is 21.2. The molecule has 37 heavy (non-hydrogen) atoms. The molecule has 0 aliphatic rings. The molecule has 0 saturated carbocycles. The largest absolute Gasteiger partial charge is 0.507 e. The molecule has 0 unspecified atom stereocenters. The lowest BCUT2D eigenvalue weighted by molar-refractivity contribution is -0.140. The molecule has 9 nitrogen and oxygen atoms in total. The molecule has 2 aromatic heterocycles. The quantitative estimate of drug-likeness (QED) is 0.293. The standard InChI is InChI=1S/C28H30N2O7/c1-16-11-22(31)26(28(34)30(16)10-9-17-15-29-21-8-6-5-7-19(17)21)20(14-25(32)37-4)18-12-23(35-2)27(33)24(13-18)36-3/h5-8,11-13,15,20,29,31,33H,9-10,14H2,1-4H3/t20-/m0/s1. The van der Waals surface area contributed by atoms with Gasteiger partial charge in [-0.3, -0.25) is 9.59 Å². The lowest BCUT2D eigenvalue weighted by Gasteiger charge is -2.22. The first-order valence-corrected chi connectivity index (χ1v) is 11.8.